The highest BCUT2D eigenvalue weighted by Crippen LogP contribution is 2.26. The van der Waals surface area contributed by atoms with Gasteiger partial charge in [-0.05, 0) is 44.2 Å². The lowest BCUT2D eigenvalue weighted by Crippen LogP contribution is -2.50. The van der Waals surface area contributed by atoms with Gasteiger partial charge in [0.1, 0.15) is 0 Å². The molecule has 1 atom stereocenters. The molecule has 2 aromatic rings. The summed E-state index contributed by atoms with van der Waals surface area (Å²) in [7, 11) is 0. The molecular formula is C28H38N2O2. The topological polar surface area (TPSA) is 40.6 Å². The SMILES string of the molecule is CCC(=O)N1CCN(CC2CCc3ccccc3C2=O)CC1.CCc1cc(C)cc(C)c1. The van der Waals surface area contributed by atoms with Crippen molar-refractivity contribution in [2.75, 3.05) is 32.7 Å². The van der Waals surface area contributed by atoms with E-state index in [0.717, 1.165) is 57.5 Å². The van der Waals surface area contributed by atoms with Crippen LogP contribution in [0.5, 0.6) is 0 Å². The average Bonchev–Trinajstić information content (AvgIpc) is 2.81. The molecule has 2 aromatic carbocycles. The minimum Gasteiger partial charge on any atom is -0.340 e. The third kappa shape index (κ3) is 6.29. The van der Waals surface area contributed by atoms with Crippen LogP contribution in [0, 0.1) is 19.8 Å². The molecule has 0 radical (unpaired) electrons. The highest BCUT2D eigenvalue weighted by atomic mass is 16.2. The van der Waals surface area contributed by atoms with Gasteiger partial charge in [-0.2, -0.15) is 0 Å². The van der Waals surface area contributed by atoms with E-state index in [1.165, 1.54) is 22.3 Å². The van der Waals surface area contributed by atoms with Crippen molar-refractivity contribution in [3.05, 3.63) is 70.3 Å². The first-order valence-corrected chi connectivity index (χ1v) is 12.1. The number of aryl methyl sites for hydroxylation is 4. The van der Waals surface area contributed by atoms with Crippen molar-refractivity contribution < 1.29 is 9.59 Å². The summed E-state index contributed by atoms with van der Waals surface area (Å²) in [5, 5.41) is 0. The quantitative estimate of drug-likeness (QED) is 0.691. The Hall–Kier alpha value is -2.46. The number of piperazine rings is 1. The van der Waals surface area contributed by atoms with E-state index in [1.54, 1.807) is 0 Å². The van der Waals surface area contributed by atoms with Crippen molar-refractivity contribution >= 4 is 11.7 Å². The molecule has 4 nitrogen and oxygen atoms in total. The summed E-state index contributed by atoms with van der Waals surface area (Å²) < 4.78 is 0. The van der Waals surface area contributed by atoms with E-state index in [4.69, 9.17) is 0 Å². The lowest BCUT2D eigenvalue weighted by molar-refractivity contribution is -0.132. The largest absolute Gasteiger partial charge is 0.340 e. The first kappa shape index (κ1) is 24.2. The number of hydrogen-bond donors (Lipinski definition) is 0. The van der Waals surface area contributed by atoms with Crippen LogP contribution in [0.2, 0.25) is 0 Å². The van der Waals surface area contributed by atoms with Gasteiger partial charge in [-0.25, -0.2) is 0 Å². The molecule has 4 rings (SSSR count). The van der Waals surface area contributed by atoms with Crippen LogP contribution >= 0.6 is 0 Å². The van der Waals surface area contributed by atoms with E-state index in [2.05, 4.69) is 49.9 Å². The van der Waals surface area contributed by atoms with E-state index < -0.39 is 0 Å². The van der Waals surface area contributed by atoms with Gasteiger partial charge in [-0.15, -0.1) is 0 Å². The van der Waals surface area contributed by atoms with E-state index in [9.17, 15) is 9.59 Å². The van der Waals surface area contributed by atoms with Crippen LogP contribution in [-0.2, 0) is 17.6 Å². The molecule has 0 spiro atoms. The molecule has 2 aliphatic rings. The van der Waals surface area contributed by atoms with E-state index >= 15 is 0 Å². The maximum Gasteiger partial charge on any atom is 0.222 e. The summed E-state index contributed by atoms with van der Waals surface area (Å²) in [5.41, 5.74) is 6.30. The lowest BCUT2D eigenvalue weighted by Gasteiger charge is -2.37. The zero-order valence-corrected chi connectivity index (χ0v) is 20.2. The molecule has 1 aliphatic carbocycles. The number of hydrogen-bond acceptors (Lipinski definition) is 3. The molecule has 32 heavy (non-hydrogen) atoms. The Balaban J connectivity index is 0.000000243. The van der Waals surface area contributed by atoms with Crippen molar-refractivity contribution in [3.8, 4) is 0 Å². The van der Waals surface area contributed by atoms with Gasteiger partial charge >= 0.3 is 0 Å². The lowest BCUT2D eigenvalue weighted by atomic mass is 9.82. The van der Waals surface area contributed by atoms with Gasteiger partial charge < -0.3 is 4.90 Å². The van der Waals surface area contributed by atoms with Gasteiger partial charge in [0.25, 0.3) is 0 Å². The van der Waals surface area contributed by atoms with Crippen LogP contribution in [0.15, 0.2) is 42.5 Å². The fourth-order valence-corrected chi connectivity index (χ4v) is 4.82. The van der Waals surface area contributed by atoms with Gasteiger partial charge in [0, 0.05) is 50.6 Å². The molecule has 0 N–H and O–H groups in total. The Morgan fingerprint density at radius 3 is 2.25 bits per heavy atom. The Kier molecular flexibility index (Phi) is 8.63. The van der Waals surface area contributed by atoms with Crippen LogP contribution in [0.25, 0.3) is 0 Å². The monoisotopic (exact) mass is 434 g/mol. The first-order valence-electron chi connectivity index (χ1n) is 12.1. The molecule has 0 bridgehead atoms. The predicted octanol–water partition coefficient (Wildman–Crippen LogP) is 4.85. The summed E-state index contributed by atoms with van der Waals surface area (Å²) in [6, 6.07) is 14.7. The second-order valence-electron chi connectivity index (χ2n) is 9.14. The van der Waals surface area contributed by atoms with E-state index in [1.807, 2.05) is 30.0 Å². The fourth-order valence-electron chi connectivity index (χ4n) is 4.82. The van der Waals surface area contributed by atoms with Gasteiger partial charge in [-0.1, -0.05) is 67.4 Å². The van der Waals surface area contributed by atoms with Crippen LogP contribution in [0.4, 0.5) is 0 Å². The summed E-state index contributed by atoms with van der Waals surface area (Å²) in [5.74, 6) is 0.652. The smallest absolute Gasteiger partial charge is 0.222 e. The Bertz CT molecular complexity index is 909. The summed E-state index contributed by atoms with van der Waals surface area (Å²) in [6.45, 7) is 12.6. The maximum atomic E-state index is 12.6. The average molecular weight is 435 g/mol. The van der Waals surface area contributed by atoms with Crippen molar-refractivity contribution in [2.24, 2.45) is 5.92 Å². The maximum absolute atomic E-state index is 12.6. The van der Waals surface area contributed by atoms with Crippen LogP contribution < -0.4 is 0 Å². The van der Waals surface area contributed by atoms with Crippen molar-refractivity contribution in [1.29, 1.82) is 0 Å². The third-order valence-corrected chi connectivity index (χ3v) is 6.61. The minimum atomic E-state index is 0.114. The van der Waals surface area contributed by atoms with Crippen LogP contribution in [0.1, 0.15) is 59.3 Å². The molecule has 1 saturated heterocycles. The number of fused-ring (bicyclic) bond motifs is 1. The Morgan fingerprint density at radius 1 is 0.969 bits per heavy atom. The molecule has 1 unspecified atom stereocenters. The number of carbonyl (C=O) groups is 2. The highest BCUT2D eigenvalue weighted by Gasteiger charge is 2.30. The number of ketones is 1. The van der Waals surface area contributed by atoms with E-state index in [0.29, 0.717) is 12.2 Å². The second kappa shape index (κ2) is 11.4. The number of carbonyl (C=O) groups excluding carboxylic acids is 2. The van der Waals surface area contributed by atoms with Gasteiger partial charge in [-0.3, -0.25) is 14.5 Å². The van der Waals surface area contributed by atoms with Gasteiger partial charge in [0.2, 0.25) is 5.91 Å². The zero-order chi connectivity index (χ0) is 23.1. The van der Waals surface area contributed by atoms with Gasteiger partial charge in [0.05, 0.1) is 0 Å². The molecule has 0 saturated carbocycles. The van der Waals surface area contributed by atoms with Crippen molar-refractivity contribution in [1.82, 2.24) is 9.80 Å². The van der Waals surface area contributed by atoms with E-state index in [-0.39, 0.29) is 11.8 Å². The highest BCUT2D eigenvalue weighted by molar-refractivity contribution is 6.00. The van der Waals surface area contributed by atoms with Crippen molar-refractivity contribution in [3.63, 3.8) is 0 Å². The Morgan fingerprint density at radius 2 is 1.62 bits per heavy atom. The van der Waals surface area contributed by atoms with Crippen LogP contribution in [-0.4, -0.2) is 54.2 Å². The van der Waals surface area contributed by atoms with Crippen LogP contribution in [0.3, 0.4) is 0 Å². The Labute approximate surface area is 193 Å². The zero-order valence-electron chi connectivity index (χ0n) is 20.2. The number of nitrogens with zero attached hydrogens (tertiary/aromatic N) is 2. The number of benzene rings is 2. The predicted molar refractivity (Wildman–Crippen MR) is 131 cm³/mol. The summed E-state index contributed by atoms with van der Waals surface area (Å²) >= 11 is 0. The molecule has 0 aromatic heterocycles. The molecule has 4 heteroatoms. The fraction of sp³-hybridized carbons (Fsp3) is 0.500. The molecule has 1 fully saturated rings. The number of amides is 1. The third-order valence-electron chi connectivity index (χ3n) is 6.61. The molecule has 1 heterocycles. The minimum absolute atomic E-state index is 0.114. The summed E-state index contributed by atoms with van der Waals surface area (Å²) in [6.07, 6.45) is 3.67. The van der Waals surface area contributed by atoms with Crippen molar-refractivity contribution in [2.45, 2.75) is 53.4 Å². The molecule has 1 aliphatic heterocycles. The molecule has 1 amide bonds. The normalized spacial score (nSPS) is 18.6. The molecule has 172 valence electrons. The molecular weight excluding hydrogens is 396 g/mol. The first-order chi connectivity index (χ1) is 15.4. The standard InChI is InChI=1S/C18H24N2O2.C10H14/c1-2-17(21)20-11-9-19(10-12-20)13-15-8-7-14-5-3-4-6-16(14)18(15)22;1-4-10-6-8(2)5-9(3)7-10/h3-6,15H,2,7-13H2,1H3;5-7H,4H2,1-3H3. The summed E-state index contributed by atoms with van der Waals surface area (Å²) in [4.78, 5) is 28.6. The number of Topliss-reactive ketones (excluding diaryl/α,β-unsaturated/α-hetero) is 1. The number of rotatable bonds is 4. The second-order valence-corrected chi connectivity index (χ2v) is 9.14. The van der Waals surface area contributed by atoms with Gasteiger partial charge in [0.15, 0.2) is 5.78 Å².